The summed E-state index contributed by atoms with van der Waals surface area (Å²) in [5.41, 5.74) is 13.4. The van der Waals surface area contributed by atoms with Crippen LogP contribution >= 0.6 is 0 Å². The number of fused-ring (bicyclic) bond motifs is 10. The Kier molecular flexibility index (Phi) is 4.33. The summed E-state index contributed by atoms with van der Waals surface area (Å²) in [6.07, 6.45) is 0. The van der Waals surface area contributed by atoms with E-state index in [0.717, 1.165) is 13.1 Å². The van der Waals surface area contributed by atoms with Crippen LogP contribution in [0.2, 0.25) is 0 Å². The average molecular weight is 436 g/mol. The highest BCUT2D eigenvalue weighted by molar-refractivity contribution is 5.94. The van der Waals surface area contributed by atoms with Gasteiger partial charge in [0.2, 0.25) is 0 Å². The van der Waals surface area contributed by atoms with Crippen molar-refractivity contribution >= 4 is 0 Å². The summed E-state index contributed by atoms with van der Waals surface area (Å²) in [6, 6.07) is 44.6. The van der Waals surface area contributed by atoms with Crippen LogP contribution in [0.5, 0.6) is 0 Å². The fraction of sp³-hybridized carbons (Fsp3) is 0.0909. The molecule has 0 heterocycles. The highest BCUT2D eigenvalue weighted by Crippen LogP contribution is 2.62. The van der Waals surface area contributed by atoms with E-state index in [1.807, 2.05) is 0 Å². The topological polar surface area (TPSA) is 12.0 Å². The van der Waals surface area contributed by atoms with Gasteiger partial charge in [0.1, 0.15) is 0 Å². The summed E-state index contributed by atoms with van der Waals surface area (Å²) in [6.45, 7) is 1.72. The Labute approximate surface area is 200 Å². The SMILES string of the molecule is c1ccc(CNCc2ccc3c(c2)C2(c4ccccc4-c4ccccc42)c2ccccc2-3)cc1. The molecular weight excluding hydrogens is 410 g/mol. The van der Waals surface area contributed by atoms with E-state index in [-0.39, 0.29) is 5.41 Å². The Morgan fingerprint density at radius 3 is 1.47 bits per heavy atom. The van der Waals surface area contributed by atoms with Crippen LogP contribution in [0.25, 0.3) is 22.3 Å². The van der Waals surface area contributed by atoms with Gasteiger partial charge in [0.05, 0.1) is 5.41 Å². The standard InChI is InChI=1S/C33H25N/c1-2-10-23(11-3-1)21-34-22-24-18-19-28-27-14-6-9-17-31(27)33(32(28)20-24)29-15-7-4-12-25(29)26-13-5-8-16-30(26)33/h1-20,34H,21-22H2. The highest BCUT2D eigenvalue weighted by Gasteiger charge is 2.51. The second kappa shape index (κ2) is 7.55. The molecule has 1 N–H and O–H groups in total. The van der Waals surface area contributed by atoms with Crippen LogP contribution in [-0.4, -0.2) is 0 Å². The average Bonchev–Trinajstić information content (AvgIpc) is 3.37. The molecule has 5 aromatic rings. The van der Waals surface area contributed by atoms with Crippen molar-refractivity contribution in [3.8, 4) is 22.3 Å². The molecule has 162 valence electrons. The van der Waals surface area contributed by atoms with Crippen LogP contribution in [0.15, 0.2) is 121 Å². The van der Waals surface area contributed by atoms with Crippen LogP contribution < -0.4 is 5.32 Å². The first kappa shape index (κ1) is 19.5. The molecule has 0 aliphatic heterocycles. The monoisotopic (exact) mass is 435 g/mol. The zero-order chi connectivity index (χ0) is 22.5. The molecule has 0 saturated heterocycles. The van der Waals surface area contributed by atoms with Crippen LogP contribution in [0.1, 0.15) is 33.4 Å². The van der Waals surface area contributed by atoms with E-state index in [1.165, 1.54) is 55.6 Å². The first-order valence-electron chi connectivity index (χ1n) is 12.0. The van der Waals surface area contributed by atoms with E-state index >= 15 is 0 Å². The molecule has 0 amide bonds. The third-order valence-electron chi connectivity index (χ3n) is 7.56. The molecule has 0 unspecified atom stereocenters. The van der Waals surface area contributed by atoms with E-state index in [4.69, 9.17) is 0 Å². The van der Waals surface area contributed by atoms with Crippen molar-refractivity contribution < 1.29 is 0 Å². The minimum absolute atomic E-state index is 0.255. The van der Waals surface area contributed by atoms with Crippen molar-refractivity contribution in [3.63, 3.8) is 0 Å². The van der Waals surface area contributed by atoms with Gasteiger partial charge in [0.15, 0.2) is 0 Å². The maximum Gasteiger partial charge on any atom is 0.0725 e. The van der Waals surface area contributed by atoms with Gasteiger partial charge in [-0.3, -0.25) is 0 Å². The molecule has 0 radical (unpaired) electrons. The lowest BCUT2D eigenvalue weighted by Gasteiger charge is -2.30. The predicted octanol–water partition coefficient (Wildman–Crippen LogP) is 7.32. The Balaban J connectivity index is 1.40. The van der Waals surface area contributed by atoms with Gasteiger partial charge in [-0.2, -0.15) is 0 Å². The van der Waals surface area contributed by atoms with E-state index in [0.29, 0.717) is 0 Å². The molecule has 0 fully saturated rings. The molecule has 1 heteroatoms. The molecule has 5 aromatic carbocycles. The summed E-state index contributed by atoms with van der Waals surface area (Å²) in [5, 5.41) is 3.65. The largest absolute Gasteiger partial charge is 0.309 e. The van der Waals surface area contributed by atoms with E-state index in [2.05, 4.69) is 127 Å². The maximum absolute atomic E-state index is 3.65. The molecule has 0 atom stereocenters. The molecule has 2 aliphatic carbocycles. The first-order valence-corrected chi connectivity index (χ1v) is 12.0. The summed E-state index contributed by atoms with van der Waals surface area (Å²) in [4.78, 5) is 0. The van der Waals surface area contributed by atoms with Crippen molar-refractivity contribution in [2.24, 2.45) is 0 Å². The van der Waals surface area contributed by atoms with Crippen molar-refractivity contribution in [2.45, 2.75) is 18.5 Å². The minimum Gasteiger partial charge on any atom is -0.309 e. The normalized spacial score (nSPS) is 13.9. The van der Waals surface area contributed by atoms with Crippen molar-refractivity contribution in [3.05, 3.63) is 155 Å². The van der Waals surface area contributed by atoms with Crippen LogP contribution in [0, 0.1) is 0 Å². The van der Waals surface area contributed by atoms with Crippen LogP contribution in [-0.2, 0) is 18.5 Å². The number of hydrogen-bond donors (Lipinski definition) is 1. The predicted molar refractivity (Wildman–Crippen MR) is 140 cm³/mol. The molecule has 1 nitrogen and oxygen atoms in total. The quantitative estimate of drug-likeness (QED) is 0.305. The summed E-state index contributed by atoms with van der Waals surface area (Å²) < 4.78 is 0. The zero-order valence-electron chi connectivity index (χ0n) is 19.0. The van der Waals surface area contributed by atoms with Gasteiger partial charge in [-0.05, 0) is 55.6 Å². The fourth-order valence-electron chi connectivity index (χ4n) is 6.20. The van der Waals surface area contributed by atoms with E-state index in [1.54, 1.807) is 0 Å². The van der Waals surface area contributed by atoms with Gasteiger partial charge in [-0.25, -0.2) is 0 Å². The summed E-state index contributed by atoms with van der Waals surface area (Å²) >= 11 is 0. The molecule has 2 aliphatic rings. The maximum atomic E-state index is 3.65. The van der Waals surface area contributed by atoms with E-state index in [9.17, 15) is 0 Å². The van der Waals surface area contributed by atoms with Gasteiger partial charge in [-0.15, -0.1) is 0 Å². The van der Waals surface area contributed by atoms with Gasteiger partial charge in [0.25, 0.3) is 0 Å². The number of hydrogen-bond acceptors (Lipinski definition) is 1. The van der Waals surface area contributed by atoms with Crippen LogP contribution in [0.3, 0.4) is 0 Å². The molecule has 0 saturated carbocycles. The third-order valence-corrected chi connectivity index (χ3v) is 7.56. The Hall–Kier alpha value is -3.94. The molecule has 1 spiro atoms. The van der Waals surface area contributed by atoms with Crippen molar-refractivity contribution in [1.29, 1.82) is 0 Å². The van der Waals surface area contributed by atoms with Crippen LogP contribution in [0.4, 0.5) is 0 Å². The summed E-state index contributed by atoms with van der Waals surface area (Å²) in [7, 11) is 0. The zero-order valence-corrected chi connectivity index (χ0v) is 19.0. The molecule has 34 heavy (non-hydrogen) atoms. The molecule has 7 rings (SSSR count). The lowest BCUT2D eigenvalue weighted by Crippen LogP contribution is -2.26. The Morgan fingerprint density at radius 2 is 0.882 bits per heavy atom. The number of benzene rings is 5. The second-order valence-electron chi connectivity index (χ2n) is 9.36. The minimum atomic E-state index is -0.255. The number of nitrogens with one attached hydrogen (secondary N) is 1. The van der Waals surface area contributed by atoms with Gasteiger partial charge in [-0.1, -0.05) is 121 Å². The molecule has 0 aromatic heterocycles. The second-order valence-corrected chi connectivity index (χ2v) is 9.36. The fourth-order valence-corrected chi connectivity index (χ4v) is 6.20. The smallest absolute Gasteiger partial charge is 0.0725 e. The van der Waals surface area contributed by atoms with Gasteiger partial charge < -0.3 is 5.32 Å². The Bertz CT molecular complexity index is 1470. The van der Waals surface area contributed by atoms with Gasteiger partial charge >= 0.3 is 0 Å². The number of rotatable bonds is 4. The third kappa shape index (κ3) is 2.65. The van der Waals surface area contributed by atoms with Gasteiger partial charge in [0, 0.05) is 13.1 Å². The summed E-state index contributed by atoms with van der Waals surface area (Å²) in [5.74, 6) is 0. The van der Waals surface area contributed by atoms with Crippen molar-refractivity contribution in [2.75, 3.05) is 0 Å². The Morgan fingerprint density at radius 1 is 0.412 bits per heavy atom. The van der Waals surface area contributed by atoms with Crippen molar-refractivity contribution in [1.82, 2.24) is 5.32 Å². The molecule has 0 bridgehead atoms. The highest BCUT2D eigenvalue weighted by atomic mass is 14.8. The first-order chi connectivity index (χ1) is 16.9. The molecular formula is C33H25N. The lowest BCUT2D eigenvalue weighted by molar-refractivity contribution is 0.691. The lowest BCUT2D eigenvalue weighted by atomic mass is 9.70. The van der Waals surface area contributed by atoms with E-state index < -0.39 is 0 Å².